The maximum absolute atomic E-state index is 13.1. The van der Waals surface area contributed by atoms with Gasteiger partial charge >= 0.3 is 0 Å². The molecule has 0 aliphatic rings. The Labute approximate surface area is 99.7 Å². The van der Waals surface area contributed by atoms with Crippen LogP contribution in [0.5, 0.6) is 5.75 Å². The number of amides is 1. The predicted octanol–water partition coefficient (Wildman–Crippen LogP) is 0.968. The summed E-state index contributed by atoms with van der Waals surface area (Å²) in [6, 6.07) is 3.98. The molecule has 0 heterocycles. The van der Waals surface area contributed by atoms with Crippen LogP contribution in [0.1, 0.15) is 19.4 Å². The third-order valence-corrected chi connectivity index (χ3v) is 2.27. The Bertz CT molecular complexity index is 407. The number of nitrogens with two attached hydrogens (primary N) is 2. The molecular formula is C12H17FN2O2. The Hall–Kier alpha value is -1.62. The number of rotatable bonds is 5. The smallest absolute Gasteiger partial charge is 0.258 e. The fourth-order valence-electron chi connectivity index (χ4n) is 1.42. The van der Waals surface area contributed by atoms with Gasteiger partial charge in [0, 0.05) is 6.04 Å². The van der Waals surface area contributed by atoms with Gasteiger partial charge in [0.1, 0.15) is 11.6 Å². The van der Waals surface area contributed by atoms with E-state index in [0.717, 1.165) is 0 Å². The summed E-state index contributed by atoms with van der Waals surface area (Å²) in [5, 5.41) is 0. The zero-order valence-electron chi connectivity index (χ0n) is 9.94. The molecule has 5 heteroatoms. The van der Waals surface area contributed by atoms with Crippen molar-refractivity contribution in [2.45, 2.75) is 32.4 Å². The van der Waals surface area contributed by atoms with Crippen LogP contribution in [-0.2, 0) is 11.2 Å². The van der Waals surface area contributed by atoms with E-state index >= 15 is 0 Å². The lowest BCUT2D eigenvalue weighted by Crippen LogP contribution is -2.31. The number of ether oxygens (including phenoxy) is 1. The molecule has 0 saturated carbocycles. The highest BCUT2D eigenvalue weighted by atomic mass is 19.1. The van der Waals surface area contributed by atoms with Crippen molar-refractivity contribution in [1.82, 2.24) is 0 Å². The predicted molar refractivity (Wildman–Crippen MR) is 63.0 cm³/mol. The van der Waals surface area contributed by atoms with Gasteiger partial charge in [0.05, 0.1) is 0 Å². The minimum Gasteiger partial charge on any atom is -0.481 e. The first-order valence-corrected chi connectivity index (χ1v) is 5.40. The van der Waals surface area contributed by atoms with E-state index < -0.39 is 12.0 Å². The lowest BCUT2D eigenvalue weighted by molar-refractivity contribution is -0.124. The van der Waals surface area contributed by atoms with E-state index in [1.54, 1.807) is 6.92 Å². The normalized spacial score (nSPS) is 14.1. The van der Waals surface area contributed by atoms with Gasteiger partial charge < -0.3 is 16.2 Å². The number of benzene rings is 1. The van der Waals surface area contributed by atoms with Gasteiger partial charge in [-0.25, -0.2) is 4.39 Å². The summed E-state index contributed by atoms with van der Waals surface area (Å²) in [5.41, 5.74) is 11.4. The molecule has 1 rings (SSSR count). The summed E-state index contributed by atoms with van der Waals surface area (Å²) in [6.07, 6.45) is -0.286. The second-order valence-electron chi connectivity index (χ2n) is 4.10. The van der Waals surface area contributed by atoms with E-state index in [0.29, 0.717) is 17.7 Å². The molecule has 0 spiro atoms. The first kappa shape index (κ1) is 13.4. The quantitative estimate of drug-likeness (QED) is 0.804. The van der Waals surface area contributed by atoms with Crippen LogP contribution in [0.3, 0.4) is 0 Å². The van der Waals surface area contributed by atoms with Crippen LogP contribution >= 0.6 is 0 Å². The summed E-state index contributed by atoms with van der Waals surface area (Å²) in [4.78, 5) is 10.9. The van der Waals surface area contributed by atoms with Crippen molar-refractivity contribution in [1.29, 1.82) is 0 Å². The third kappa shape index (κ3) is 4.03. The third-order valence-electron chi connectivity index (χ3n) is 2.27. The van der Waals surface area contributed by atoms with Crippen LogP contribution in [-0.4, -0.2) is 18.1 Å². The SMILES string of the molecule is CC(N)Cc1cc(F)ccc1OC(C)C(N)=O. The molecule has 2 unspecified atom stereocenters. The van der Waals surface area contributed by atoms with Crippen LogP contribution < -0.4 is 16.2 Å². The first-order valence-electron chi connectivity index (χ1n) is 5.40. The highest BCUT2D eigenvalue weighted by Crippen LogP contribution is 2.22. The molecule has 0 bridgehead atoms. The highest BCUT2D eigenvalue weighted by molar-refractivity contribution is 5.78. The van der Waals surface area contributed by atoms with Crippen molar-refractivity contribution < 1.29 is 13.9 Å². The summed E-state index contributed by atoms with van der Waals surface area (Å²) >= 11 is 0. The molecule has 0 aliphatic heterocycles. The average Bonchev–Trinajstić information content (AvgIpc) is 2.20. The van der Waals surface area contributed by atoms with Crippen LogP contribution in [0.4, 0.5) is 4.39 Å². The minimum absolute atomic E-state index is 0.122. The topological polar surface area (TPSA) is 78.3 Å². The Morgan fingerprint density at radius 2 is 2.12 bits per heavy atom. The van der Waals surface area contributed by atoms with E-state index in [9.17, 15) is 9.18 Å². The molecule has 4 N–H and O–H groups in total. The van der Waals surface area contributed by atoms with Gasteiger partial charge in [-0.3, -0.25) is 4.79 Å². The Morgan fingerprint density at radius 1 is 1.47 bits per heavy atom. The molecule has 0 aliphatic carbocycles. The molecule has 0 radical (unpaired) electrons. The van der Waals surface area contributed by atoms with Gasteiger partial charge in [0.25, 0.3) is 5.91 Å². The van der Waals surface area contributed by atoms with Gasteiger partial charge in [0.2, 0.25) is 0 Å². The molecule has 94 valence electrons. The van der Waals surface area contributed by atoms with Crippen LogP contribution in [0.15, 0.2) is 18.2 Å². The van der Waals surface area contributed by atoms with Crippen molar-refractivity contribution in [3.63, 3.8) is 0 Å². The summed E-state index contributed by atoms with van der Waals surface area (Å²) in [5.74, 6) is -0.490. The lowest BCUT2D eigenvalue weighted by atomic mass is 10.1. The van der Waals surface area contributed by atoms with E-state index in [2.05, 4.69) is 0 Å². The van der Waals surface area contributed by atoms with Gasteiger partial charge in [-0.05, 0) is 44.0 Å². The zero-order chi connectivity index (χ0) is 13.0. The monoisotopic (exact) mass is 240 g/mol. The number of halogens is 1. The number of hydrogen-bond donors (Lipinski definition) is 2. The zero-order valence-corrected chi connectivity index (χ0v) is 9.94. The van der Waals surface area contributed by atoms with Crippen LogP contribution in [0.25, 0.3) is 0 Å². The molecule has 2 atom stereocenters. The Balaban J connectivity index is 2.93. The number of hydrogen-bond acceptors (Lipinski definition) is 3. The van der Waals surface area contributed by atoms with Crippen molar-refractivity contribution in [3.05, 3.63) is 29.6 Å². The van der Waals surface area contributed by atoms with Crippen LogP contribution in [0.2, 0.25) is 0 Å². The molecule has 1 aromatic carbocycles. The fraction of sp³-hybridized carbons (Fsp3) is 0.417. The molecule has 0 aromatic heterocycles. The Kier molecular flexibility index (Phi) is 4.45. The maximum Gasteiger partial charge on any atom is 0.258 e. The fourth-order valence-corrected chi connectivity index (χ4v) is 1.42. The van der Waals surface area contributed by atoms with E-state index in [-0.39, 0.29) is 11.9 Å². The molecule has 1 aromatic rings. The number of primary amides is 1. The second-order valence-corrected chi connectivity index (χ2v) is 4.10. The first-order chi connectivity index (χ1) is 7.90. The molecule has 0 fully saturated rings. The van der Waals surface area contributed by atoms with Gasteiger partial charge in [-0.15, -0.1) is 0 Å². The van der Waals surface area contributed by atoms with Gasteiger partial charge in [0.15, 0.2) is 6.10 Å². The molecule has 4 nitrogen and oxygen atoms in total. The van der Waals surface area contributed by atoms with Crippen molar-refractivity contribution in [3.8, 4) is 5.75 Å². The average molecular weight is 240 g/mol. The Morgan fingerprint density at radius 3 is 2.65 bits per heavy atom. The molecule has 0 saturated heterocycles. The summed E-state index contributed by atoms with van der Waals surface area (Å²) < 4.78 is 18.5. The molecule has 1 amide bonds. The van der Waals surface area contributed by atoms with Crippen molar-refractivity contribution in [2.24, 2.45) is 11.5 Å². The highest BCUT2D eigenvalue weighted by Gasteiger charge is 2.14. The summed E-state index contributed by atoms with van der Waals surface area (Å²) in [7, 11) is 0. The minimum atomic E-state index is -0.757. The van der Waals surface area contributed by atoms with E-state index in [4.69, 9.17) is 16.2 Å². The van der Waals surface area contributed by atoms with Gasteiger partial charge in [-0.1, -0.05) is 0 Å². The van der Waals surface area contributed by atoms with Crippen molar-refractivity contribution in [2.75, 3.05) is 0 Å². The maximum atomic E-state index is 13.1. The number of carbonyl (C=O) groups is 1. The van der Waals surface area contributed by atoms with Gasteiger partial charge in [-0.2, -0.15) is 0 Å². The van der Waals surface area contributed by atoms with E-state index in [1.807, 2.05) is 6.92 Å². The lowest BCUT2D eigenvalue weighted by Gasteiger charge is -2.16. The molecule has 17 heavy (non-hydrogen) atoms. The summed E-state index contributed by atoms with van der Waals surface area (Å²) in [6.45, 7) is 3.35. The standard InChI is InChI=1S/C12H17FN2O2/c1-7(14)5-9-6-10(13)3-4-11(9)17-8(2)12(15)16/h3-4,6-8H,5,14H2,1-2H3,(H2,15,16). The second kappa shape index (κ2) is 5.63. The van der Waals surface area contributed by atoms with Crippen LogP contribution in [0, 0.1) is 5.82 Å². The largest absolute Gasteiger partial charge is 0.481 e. The molecular weight excluding hydrogens is 223 g/mol. The number of carbonyl (C=O) groups excluding carboxylic acids is 1. The van der Waals surface area contributed by atoms with E-state index in [1.165, 1.54) is 18.2 Å². The van der Waals surface area contributed by atoms with Crippen molar-refractivity contribution >= 4 is 5.91 Å².